The molecule has 0 spiro atoms. The van der Waals surface area contributed by atoms with Gasteiger partial charge in [0.1, 0.15) is 0 Å². The Morgan fingerprint density at radius 2 is 1.92 bits per heavy atom. The molecule has 0 radical (unpaired) electrons. The summed E-state index contributed by atoms with van der Waals surface area (Å²) in [5.41, 5.74) is 0. The molecule has 2 rings (SSSR count). The maximum Gasteiger partial charge on any atom is 0.160 e. The van der Waals surface area contributed by atoms with Crippen molar-refractivity contribution in [3.63, 3.8) is 0 Å². The minimum atomic E-state index is 0.0868. The molecule has 1 saturated heterocycles. The zero-order chi connectivity index (χ0) is 8.23. The highest BCUT2D eigenvalue weighted by molar-refractivity contribution is 4.91. The van der Waals surface area contributed by atoms with Crippen LogP contribution < -0.4 is 0 Å². The van der Waals surface area contributed by atoms with Crippen LogP contribution in [0.1, 0.15) is 25.7 Å². The Bertz CT molecular complexity index is 159. The van der Waals surface area contributed by atoms with Crippen LogP contribution in [0.15, 0.2) is 12.2 Å². The van der Waals surface area contributed by atoms with Crippen LogP contribution in [0.4, 0.5) is 0 Å². The van der Waals surface area contributed by atoms with Gasteiger partial charge in [-0.2, -0.15) is 0 Å². The molecule has 2 heteroatoms. The summed E-state index contributed by atoms with van der Waals surface area (Å²) in [5.74, 6) is 0.607. The summed E-state index contributed by atoms with van der Waals surface area (Å²) in [6.07, 6.45) is 9.18. The van der Waals surface area contributed by atoms with E-state index in [-0.39, 0.29) is 6.29 Å². The van der Waals surface area contributed by atoms with Crippen molar-refractivity contribution in [1.82, 2.24) is 0 Å². The van der Waals surface area contributed by atoms with Crippen LogP contribution in [-0.4, -0.2) is 19.5 Å². The molecule has 1 aliphatic carbocycles. The average Bonchev–Trinajstić information content (AvgIpc) is 2.21. The molecule has 1 aliphatic heterocycles. The van der Waals surface area contributed by atoms with Gasteiger partial charge in [-0.25, -0.2) is 0 Å². The second-order valence-electron chi connectivity index (χ2n) is 3.51. The van der Waals surface area contributed by atoms with Crippen molar-refractivity contribution in [2.75, 3.05) is 13.2 Å². The fourth-order valence-corrected chi connectivity index (χ4v) is 1.84. The lowest BCUT2D eigenvalue weighted by Gasteiger charge is -2.31. The fourth-order valence-electron chi connectivity index (χ4n) is 1.84. The first-order valence-electron chi connectivity index (χ1n) is 4.85. The van der Waals surface area contributed by atoms with E-state index in [1.807, 2.05) is 0 Å². The topological polar surface area (TPSA) is 18.5 Å². The van der Waals surface area contributed by atoms with Gasteiger partial charge >= 0.3 is 0 Å². The van der Waals surface area contributed by atoms with Crippen LogP contribution in [0.2, 0.25) is 0 Å². The van der Waals surface area contributed by atoms with Crippen LogP contribution in [0, 0.1) is 5.92 Å². The normalized spacial score (nSPS) is 32.2. The maximum atomic E-state index is 5.56. The molecule has 0 N–H and O–H groups in total. The maximum absolute atomic E-state index is 5.56. The van der Waals surface area contributed by atoms with E-state index in [1.54, 1.807) is 0 Å². The summed E-state index contributed by atoms with van der Waals surface area (Å²) in [4.78, 5) is 0. The quantitative estimate of drug-likeness (QED) is 0.558. The largest absolute Gasteiger partial charge is 0.352 e. The summed E-state index contributed by atoms with van der Waals surface area (Å²) >= 11 is 0. The zero-order valence-electron chi connectivity index (χ0n) is 7.37. The molecule has 12 heavy (non-hydrogen) atoms. The highest BCUT2D eigenvalue weighted by atomic mass is 16.7. The average molecular weight is 168 g/mol. The lowest BCUT2D eigenvalue weighted by Crippen LogP contribution is -2.32. The van der Waals surface area contributed by atoms with Gasteiger partial charge in [0.2, 0.25) is 0 Å². The van der Waals surface area contributed by atoms with Crippen LogP contribution in [0.3, 0.4) is 0 Å². The molecule has 0 aromatic heterocycles. The van der Waals surface area contributed by atoms with Gasteiger partial charge in [0.15, 0.2) is 6.29 Å². The molecule has 0 aromatic rings. The number of ether oxygens (including phenoxy) is 2. The van der Waals surface area contributed by atoms with Gasteiger partial charge in [0.25, 0.3) is 0 Å². The van der Waals surface area contributed by atoms with Crippen molar-refractivity contribution < 1.29 is 9.47 Å². The van der Waals surface area contributed by atoms with E-state index in [0.29, 0.717) is 5.92 Å². The van der Waals surface area contributed by atoms with Crippen molar-refractivity contribution in [3.05, 3.63) is 12.2 Å². The number of allylic oxidation sites excluding steroid dienone is 2. The Labute approximate surface area is 73.5 Å². The van der Waals surface area contributed by atoms with Crippen molar-refractivity contribution in [1.29, 1.82) is 0 Å². The van der Waals surface area contributed by atoms with Crippen molar-refractivity contribution in [2.45, 2.75) is 32.0 Å². The molecular formula is C10H16O2. The Morgan fingerprint density at radius 3 is 2.58 bits per heavy atom. The van der Waals surface area contributed by atoms with Gasteiger partial charge in [-0.1, -0.05) is 12.2 Å². The molecule has 1 fully saturated rings. The Kier molecular flexibility index (Phi) is 2.79. The standard InChI is InChI=1S/C10H16O2/c1-2-5-9(6-3-1)10-11-7-4-8-12-10/h1-2,9-10H,3-8H2/t9-/m0/s1. The minimum Gasteiger partial charge on any atom is -0.352 e. The molecule has 68 valence electrons. The number of rotatable bonds is 1. The molecule has 1 heterocycles. The summed E-state index contributed by atoms with van der Waals surface area (Å²) in [7, 11) is 0. The minimum absolute atomic E-state index is 0.0868. The summed E-state index contributed by atoms with van der Waals surface area (Å²) in [5, 5.41) is 0. The Morgan fingerprint density at radius 1 is 1.08 bits per heavy atom. The van der Waals surface area contributed by atoms with Crippen LogP contribution in [0.5, 0.6) is 0 Å². The monoisotopic (exact) mass is 168 g/mol. The molecule has 2 nitrogen and oxygen atoms in total. The van der Waals surface area contributed by atoms with E-state index in [1.165, 1.54) is 12.8 Å². The van der Waals surface area contributed by atoms with Gasteiger partial charge in [-0.3, -0.25) is 0 Å². The first-order valence-corrected chi connectivity index (χ1v) is 4.85. The van der Waals surface area contributed by atoms with Crippen LogP contribution in [0.25, 0.3) is 0 Å². The highest BCUT2D eigenvalue weighted by Gasteiger charge is 2.24. The summed E-state index contributed by atoms with van der Waals surface area (Å²) < 4.78 is 11.1. The fraction of sp³-hybridized carbons (Fsp3) is 0.800. The lowest BCUT2D eigenvalue weighted by molar-refractivity contribution is -0.205. The van der Waals surface area contributed by atoms with Gasteiger partial charge in [0.05, 0.1) is 13.2 Å². The second-order valence-corrected chi connectivity index (χ2v) is 3.51. The summed E-state index contributed by atoms with van der Waals surface area (Å²) in [6.45, 7) is 1.76. The van der Waals surface area contributed by atoms with Gasteiger partial charge < -0.3 is 9.47 Å². The molecule has 0 aromatic carbocycles. The third-order valence-electron chi connectivity index (χ3n) is 2.55. The Hall–Kier alpha value is -0.340. The first-order chi connectivity index (χ1) is 5.97. The van der Waals surface area contributed by atoms with Crippen LogP contribution >= 0.6 is 0 Å². The van der Waals surface area contributed by atoms with Crippen molar-refractivity contribution >= 4 is 0 Å². The molecular weight excluding hydrogens is 152 g/mol. The van der Waals surface area contributed by atoms with Crippen LogP contribution in [-0.2, 0) is 9.47 Å². The predicted molar refractivity (Wildman–Crippen MR) is 46.8 cm³/mol. The third kappa shape index (κ3) is 1.87. The molecule has 0 amide bonds. The molecule has 1 atom stereocenters. The van der Waals surface area contributed by atoms with E-state index < -0.39 is 0 Å². The smallest absolute Gasteiger partial charge is 0.160 e. The van der Waals surface area contributed by atoms with Gasteiger partial charge in [-0.05, 0) is 25.7 Å². The molecule has 0 saturated carbocycles. The van der Waals surface area contributed by atoms with Crippen molar-refractivity contribution in [3.8, 4) is 0 Å². The highest BCUT2D eigenvalue weighted by Crippen LogP contribution is 2.26. The molecule has 0 bridgehead atoms. The molecule has 2 aliphatic rings. The summed E-state index contributed by atoms with van der Waals surface area (Å²) in [6, 6.07) is 0. The lowest BCUT2D eigenvalue weighted by atomic mass is 9.93. The number of hydrogen-bond acceptors (Lipinski definition) is 2. The molecule has 0 unspecified atom stereocenters. The van der Waals surface area contributed by atoms with E-state index in [9.17, 15) is 0 Å². The van der Waals surface area contributed by atoms with E-state index in [0.717, 1.165) is 26.1 Å². The second kappa shape index (κ2) is 4.06. The van der Waals surface area contributed by atoms with E-state index in [2.05, 4.69) is 12.2 Å². The Balaban J connectivity index is 1.85. The predicted octanol–water partition coefficient (Wildman–Crippen LogP) is 2.11. The van der Waals surface area contributed by atoms with E-state index >= 15 is 0 Å². The van der Waals surface area contributed by atoms with E-state index in [4.69, 9.17) is 9.47 Å². The SMILES string of the molecule is C1=CC[C@H](C2OCCCO2)CC1. The number of hydrogen-bond donors (Lipinski definition) is 0. The van der Waals surface area contributed by atoms with Gasteiger partial charge in [0, 0.05) is 5.92 Å². The van der Waals surface area contributed by atoms with Gasteiger partial charge in [-0.15, -0.1) is 0 Å². The first kappa shape index (κ1) is 8.27. The zero-order valence-corrected chi connectivity index (χ0v) is 7.37. The third-order valence-corrected chi connectivity index (χ3v) is 2.55. The van der Waals surface area contributed by atoms with Crippen molar-refractivity contribution in [2.24, 2.45) is 5.92 Å².